The Labute approximate surface area is 211 Å². The van der Waals surface area contributed by atoms with E-state index in [0.29, 0.717) is 19.5 Å². The zero-order valence-corrected chi connectivity index (χ0v) is 20.9. The topological polar surface area (TPSA) is 80.8 Å². The number of rotatable bonds is 4. The number of likely N-dealkylation sites (tertiary alicyclic amines) is 1. The molecule has 8 nitrogen and oxygen atoms in total. The van der Waals surface area contributed by atoms with E-state index in [2.05, 4.69) is 27.7 Å². The number of hydrogen-bond donors (Lipinski definition) is 2. The number of piperazine rings is 1. The summed E-state index contributed by atoms with van der Waals surface area (Å²) in [4.78, 5) is 36.6. The summed E-state index contributed by atoms with van der Waals surface area (Å²) < 4.78 is 0. The van der Waals surface area contributed by atoms with Crippen molar-refractivity contribution in [2.45, 2.75) is 38.3 Å². The van der Waals surface area contributed by atoms with Gasteiger partial charge in [-0.05, 0) is 61.6 Å². The van der Waals surface area contributed by atoms with Gasteiger partial charge in [-0.3, -0.25) is 14.6 Å². The molecule has 3 aliphatic heterocycles. The Morgan fingerprint density at radius 3 is 2.31 bits per heavy atom. The van der Waals surface area contributed by atoms with Gasteiger partial charge in [-0.15, -0.1) is 0 Å². The summed E-state index contributed by atoms with van der Waals surface area (Å²) in [5.41, 5.74) is 9.87. The molecule has 0 aliphatic carbocycles. The Morgan fingerprint density at radius 1 is 0.914 bits per heavy atom. The maximum absolute atomic E-state index is 13.2. The number of hydrazine groups is 1. The van der Waals surface area contributed by atoms with Gasteiger partial charge in [0.15, 0.2) is 0 Å². The molecule has 4 heterocycles. The molecule has 3 aliphatic rings. The smallest absolute Gasteiger partial charge is 0.241 e. The van der Waals surface area contributed by atoms with Crippen molar-refractivity contribution in [3.63, 3.8) is 0 Å². The van der Waals surface area contributed by atoms with Gasteiger partial charge in [-0.1, -0.05) is 17.7 Å². The van der Waals surface area contributed by atoms with Gasteiger partial charge in [0.2, 0.25) is 11.8 Å². The van der Waals surface area contributed by atoms with Crippen LogP contribution < -0.4 is 15.8 Å². The van der Waals surface area contributed by atoms with E-state index in [1.807, 2.05) is 40.1 Å². The van der Waals surface area contributed by atoms with E-state index in [1.165, 1.54) is 5.56 Å². The number of nitrogens with one attached hydrogen (secondary N) is 2. The van der Waals surface area contributed by atoms with Gasteiger partial charge in [0.25, 0.3) is 0 Å². The summed E-state index contributed by atoms with van der Waals surface area (Å²) >= 11 is 6.20. The first-order chi connectivity index (χ1) is 17.0. The molecule has 2 atom stereocenters. The zero-order valence-electron chi connectivity index (χ0n) is 20.1. The molecule has 2 aromatic rings. The van der Waals surface area contributed by atoms with Crippen molar-refractivity contribution < 1.29 is 9.59 Å². The molecule has 2 amide bonds. The average Bonchev–Trinajstić information content (AvgIpc) is 3.40. The lowest BCUT2D eigenvalue weighted by molar-refractivity contribution is -0.141. The lowest BCUT2D eigenvalue weighted by atomic mass is 9.94. The monoisotopic (exact) mass is 496 g/mol. The Morgan fingerprint density at radius 2 is 1.60 bits per heavy atom. The number of carbonyl (C=O) groups is 2. The second-order valence-electron chi connectivity index (χ2n) is 9.75. The summed E-state index contributed by atoms with van der Waals surface area (Å²) in [6, 6.07) is 9.76. The minimum Gasteiger partial charge on any atom is -0.368 e. The van der Waals surface area contributed by atoms with E-state index in [0.717, 1.165) is 55.3 Å². The molecule has 5 rings (SSSR count). The summed E-state index contributed by atoms with van der Waals surface area (Å²) in [5.74, 6) is 0.348. The summed E-state index contributed by atoms with van der Waals surface area (Å²) in [5, 5.41) is 0.738. The van der Waals surface area contributed by atoms with Crippen LogP contribution in [-0.4, -0.2) is 71.9 Å². The number of hydrogen-bond acceptors (Lipinski definition) is 6. The lowest BCUT2D eigenvalue weighted by Crippen LogP contribution is -2.53. The van der Waals surface area contributed by atoms with E-state index >= 15 is 0 Å². The van der Waals surface area contributed by atoms with Gasteiger partial charge < -0.3 is 14.7 Å². The highest BCUT2D eigenvalue weighted by Crippen LogP contribution is 2.28. The third-order valence-corrected chi connectivity index (χ3v) is 7.80. The second kappa shape index (κ2) is 10.5. The van der Waals surface area contributed by atoms with Gasteiger partial charge in [-0.25, -0.2) is 10.9 Å². The normalized spacial score (nSPS) is 23.5. The van der Waals surface area contributed by atoms with Gasteiger partial charge in [0.1, 0.15) is 6.04 Å². The third kappa shape index (κ3) is 5.29. The molecule has 2 N–H and O–H groups in total. The van der Waals surface area contributed by atoms with Crippen molar-refractivity contribution in [3.8, 4) is 0 Å². The number of piperidine rings is 1. The Balaban J connectivity index is 1.09. The molecule has 3 saturated heterocycles. The summed E-state index contributed by atoms with van der Waals surface area (Å²) in [6.07, 6.45) is 5.70. The number of aromatic nitrogens is 1. The van der Waals surface area contributed by atoms with Crippen LogP contribution in [0.4, 0.5) is 5.69 Å². The van der Waals surface area contributed by atoms with Crippen LogP contribution in [0.3, 0.4) is 0 Å². The molecule has 1 aromatic heterocycles. The SMILES string of the molecule is Cc1ccc(Cl)cc1N1CCN(C(=O)C2CCN(C(=O)C3CC(c4ccncc4)NN3)CC2)CC1. The highest BCUT2D eigenvalue weighted by Gasteiger charge is 2.36. The van der Waals surface area contributed by atoms with Gasteiger partial charge in [-0.2, -0.15) is 0 Å². The molecule has 35 heavy (non-hydrogen) atoms. The van der Waals surface area contributed by atoms with Crippen LogP contribution in [-0.2, 0) is 9.59 Å². The zero-order chi connectivity index (χ0) is 24.4. The maximum atomic E-state index is 13.2. The molecule has 2 unspecified atom stereocenters. The highest BCUT2D eigenvalue weighted by atomic mass is 35.5. The van der Waals surface area contributed by atoms with Gasteiger partial charge >= 0.3 is 0 Å². The second-order valence-corrected chi connectivity index (χ2v) is 10.2. The molecule has 0 saturated carbocycles. The number of benzene rings is 1. The fourth-order valence-corrected chi connectivity index (χ4v) is 5.62. The minimum absolute atomic E-state index is 0.00210. The standard InChI is InChI=1S/C26H33ClN6O2/c1-18-2-3-21(27)16-24(18)31-12-14-33(15-13-31)25(34)20-6-10-32(11-7-20)26(35)23-17-22(29-30-23)19-4-8-28-9-5-19/h2-5,8-9,16,20,22-23,29-30H,6-7,10-15,17H2,1H3. The molecule has 0 bridgehead atoms. The number of carbonyl (C=O) groups excluding carboxylic acids is 2. The lowest BCUT2D eigenvalue weighted by Gasteiger charge is -2.40. The van der Waals surface area contributed by atoms with Crippen LogP contribution in [0.2, 0.25) is 5.02 Å². The van der Waals surface area contributed by atoms with Crippen LogP contribution in [0.15, 0.2) is 42.7 Å². The Hall–Kier alpha value is -2.68. The minimum atomic E-state index is -0.247. The molecule has 0 spiro atoms. The van der Waals surface area contributed by atoms with Crippen molar-refractivity contribution in [3.05, 3.63) is 58.9 Å². The number of halogens is 1. The van der Waals surface area contributed by atoms with E-state index in [9.17, 15) is 9.59 Å². The number of nitrogens with zero attached hydrogens (tertiary/aromatic N) is 4. The molecule has 0 radical (unpaired) electrons. The predicted molar refractivity (Wildman–Crippen MR) is 136 cm³/mol. The number of amides is 2. The molecule has 3 fully saturated rings. The van der Waals surface area contributed by atoms with Crippen LogP contribution in [0.25, 0.3) is 0 Å². The summed E-state index contributed by atoms with van der Waals surface area (Å²) in [6.45, 7) is 6.42. The van der Waals surface area contributed by atoms with E-state index in [1.54, 1.807) is 12.4 Å². The van der Waals surface area contributed by atoms with Crippen LogP contribution in [0, 0.1) is 12.8 Å². The van der Waals surface area contributed by atoms with Crippen LogP contribution in [0.1, 0.15) is 36.4 Å². The predicted octanol–water partition coefficient (Wildman–Crippen LogP) is 2.54. The highest BCUT2D eigenvalue weighted by molar-refractivity contribution is 6.30. The van der Waals surface area contributed by atoms with E-state index in [4.69, 9.17) is 11.6 Å². The molecule has 186 valence electrons. The van der Waals surface area contributed by atoms with Crippen LogP contribution >= 0.6 is 11.6 Å². The number of pyridine rings is 1. The van der Waals surface area contributed by atoms with Crippen molar-refractivity contribution >= 4 is 29.1 Å². The van der Waals surface area contributed by atoms with E-state index < -0.39 is 0 Å². The Bertz CT molecular complexity index is 1050. The molecular weight excluding hydrogens is 464 g/mol. The fourth-order valence-electron chi connectivity index (χ4n) is 5.45. The molecular formula is C26H33ClN6O2. The van der Waals surface area contributed by atoms with Gasteiger partial charge in [0, 0.05) is 74.3 Å². The number of aryl methyl sites for hydroxylation is 1. The van der Waals surface area contributed by atoms with Crippen LogP contribution in [0.5, 0.6) is 0 Å². The quantitative estimate of drug-likeness (QED) is 0.677. The third-order valence-electron chi connectivity index (χ3n) is 7.57. The Kier molecular flexibility index (Phi) is 7.22. The first-order valence-corrected chi connectivity index (χ1v) is 12.9. The van der Waals surface area contributed by atoms with Crippen molar-refractivity contribution in [1.82, 2.24) is 25.6 Å². The maximum Gasteiger partial charge on any atom is 0.241 e. The van der Waals surface area contributed by atoms with E-state index in [-0.39, 0.29) is 29.8 Å². The van der Waals surface area contributed by atoms with Crippen molar-refractivity contribution in [2.24, 2.45) is 5.92 Å². The fraction of sp³-hybridized carbons (Fsp3) is 0.500. The first-order valence-electron chi connectivity index (χ1n) is 12.5. The van der Waals surface area contributed by atoms with Gasteiger partial charge in [0.05, 0.1) is 0 Å². The number of anilines is 1. The van der Waals surface area contributed by atoms with Crippen molar-refractivity contribution in [1.29, 1.82) is 0 Å². The van der Waals surface area contributed by atoms with Crippen molar-refractivity contribution in [2.75, 3.05) is 44.2 Å². The molecule has 1 aromatic carbocycles. The first kappa shape index (κ1) is 24.0. The summed E-state index contributed by atoms with van der Waals surface area (Å²) in [7, 11) is 0. The molecule has 9 heteroatoms. The average molecular weight is 497 g/mol. The largest absolute Gasteiger partial charge is 0.368 e.